The van der Waals surface area contributed by atoms with E-state index in [9.17, 15) is 26.0 Å². The summed E-state index contributed by atoms with van der Waals surface area (Å²) in [7, 11) is -2.12. The topological polar surface area (TPSA) is 116 Å². The normalized spacial score (nSPS) is 16.1. The summed E-state index contributed by atoms with van der Waals surface area (Å²) >= 11 is 2.97. The quantitative estimate of drug-likeness (QED) is 0.324. The number of carboxylic acids is 1. The van der Waals surface area contributed by atoms with Gasteiger partial charge in [-0.05, 0) is 31.0 Å². The zero-order valence-electron chi connectivity index (χ0n) is 22.1. The molecule has 0 saturated carbocycles. The Morgan fingerprint density at radius 2 is 1.98 bits per heavy atom. The molecule has 2 N–H and O–H groups in total. The van der Waals surface area contributed by atoms with Gasteiger partial charge in [0.1, 0.15) is 10.7 Å². The van der Waals surface area contributed by atoms with Crippen molar-refractivity contribution in [2.45, 2.75) is 56.8 Å². The van der Waals surface area contributed by atoms with Crippen molar-refractivity contribution in [2.75, 3.05) is 29.8 Å². The Bertz CT molecular complexity index is 1410. The minimum atomic E-state index is -5.08. The van der Waals surface area contributed by atoms with E-state index in [4.69, 9.17) is 14.9 Å². The number of benzene rings is 1. The summed E-state index contributed by atoms with van der Waals surface area (Å²) in [6.07, 6.45) is -4.13. The predicted molar refractivity (Wildman–Crippen MR) is 146 cm³/mol. The number of aryl methyl sites for hydroxylation is 1. The molecule has 9 nitrogen and oxygen atoms in total. The highest BCUT2D eigenvalue weighted by Gasteiger charge is 2.38. The van der Waals surface area contributed by atoms with Gasteiger partial charge in [0.05, 0.1) is 16.2 Å². The molecule has 1 aliphatic rings. The van der Waals surface area contributed by atoms with Crippen molar-refractivity contribution in [2.24, 2.45) is 0 Å². The number of rotatable bonds is 8. The van der Waals surface area contributed by atoms with Crippen LogP contribution in [0.4, 0.5) is 29.1 Å². The number of sulfonamides is 1. The van der Waals surface area contributed by atoms with Crippen molar-refractivity contribution in [1.29, 1.82) is 0 Å². The molecule has 40 heavy (non-hydrogen) atoms. The van der Waals surface area contributed by atoms with E-state index in [1.807, 2.05) is 14.0 Å². The summed E-state index contributed by atoms with van der Waals surface area (Å²) in [6, 6.07) is 2.93. The van der Waals surface area contributed by atoms with Crippen molar-refractivity contribution in [3.8, 4) is 0 Å². The molecule has 0 spiro atoms. The maximum absolute atomic E-state index is 15.0. The van der Waals surface area contributed by atoms with Gasteiger partial charge in [-0.1, -0.05) is 13.8 Å². The van der Waals surface area contributed by atoms with Crippen LogP contribution in [0.15, 0.2) is 33.3 Å². The van der Waals surface area contributed by atoms with Crippen LogP contribution in [0.3, 0.4) is 0 Å². The molecule has 4 rings (SSSR count). The molecule has 0 bridgehead atoms. The van der Waals surface area contributed by atoms with Crippen molar-refractivity contribution in [3.05, 3.63) is 50.5 Å². The predicted octanol–water partition coefficient (Wildman–Crippen LogP) is 5.32. The number of thiazole rings is 2. The molecule has 3 aromatic rings. The van der Waals surface area contributed by atoms with Gasteiger partial charge >= 0.3 is 12.1 Å². The zero-order chi connectivity index (χ0) is 29.8. The zero-order valence-corrected chi connectivity index (χ0v) is 24.5. The first-order valence-corrected chi connectivity index (χ1v) is 15.3. The molecular formula is C24H29F4N5O4S3. The smallest absolute Gasteiger partial charge is 0.475 e. The number of anilines is 2. The van der Waals surface area contributed by atoms with E-state index < -0.39 is 28.0 Å². The third kappa shape index (κ3) is 8.11. The molecule has 1 aromatic carbocycles. The third-order valence-electron chi connectivity index (χ3n) is 6.08. The second-order valence-electron chi connectivity index (χ2n) is 9.47. The van der Waals surface area contributed by atoms with E-state index >= 15 is 0 Å². The van der Waals surface area contributed by atoms with Crippen molar-refractivity contribution in [3.63, 3.8) is 0 Å². The van der Waals surface area contributed by atoms with Crippen LogP contribution in [-0.2, 0) is 21.4 Å². The number of nitrogens with zero attached hydrogens (tertiary/aromatic N) is 4. The van der Waals surface area contributed by atoms with Crippen molar-refractivity contribution < 1.29 is 35.9 Å². The van der Waals surface area contributed by atoms with Crippen LogP contribution in [0.1, 0.15) is 42.5 Å². The van der Waals surface area contributed by atoms with E-state index in [2.05, 4.69) is 38.7 Å². The van der Waals surface area contributed by atoms with Crippen LogP contribution in [-0.4, -0.2) is 66.7 Å². The lowest BCUT2D eigenvalue weighted by molar-refractivity contribution is -0.192. The molecule has 1 saturated heterocycles. The molecule has 3 heterocycles. The number of hydrogen-bond donors (Lipinski definition) is 2. The molecule has 0 aliphatic carbocycles. The highest BCUT2D eigenvalue weighted by molar-refractivity contribution is 7.92. The molecule has 220 valence electrons. The summed E-state index contributed by atoms with van der Waals surface area (Å²) in [4.78, 5) is 21.6. The van der Waals surface area contributed by atoms with E-state index in [0.29, 0.717) is 17.2 Å². The molecule has 2 aromatic heterocycles. The minimum absolute atomic E-state index is 0.185. The van der Waals surface area contributed by atoms with Gasteiger partial charge in [-0.2, -0.15) is 13.2 Å². The van der Waals surface area contributed by atoms with Crippen molar-refractivity contribution in [1.82, 2.24) is 14.9 Å². The summed E-state index contributed by atoms with van der Waals surface area (Å²) in [6.45, 7) is 8.70. The van der Waals surface area contributed by atoms with Gasteiger partial charge < -0.3 is 10.0 Å². The van der Waals surface area contributed by atoms with Crippen LogP contribution in [0.2, 0.25) is 0 Å². The van der Waals surface area contributed by atoms with Gasteiger partial charge in [0.25, 0.3) is 10.0 Å². The Labute approximate surface area is 237 Å². The molecular weight excluding hydrogens is 594 g/mol. The van der Waals surface area contributed by atoms with Gasteiger partial charge in [0, 0.05) is 55.1 Å². The number of aliphatic carboxylic acids is 1. The Balaban J connectivity index is 0.000000559. The van der Waals surface area contributed by atoms with Crippen LogP contribution in [0, 0.1) is 12.7 Å². The fourth-order valence-corrected chi connectivity index (χ4v) is 6.57. The highest BCUT2D eigenvalue weighted by atomic mass is 32.2. The Hall–Kier alpha value is -2.82. The second-order valence-corrected chi connectivity index (χ2v) is 12.7. The summed E-state index contributed by atoms with van der Waals surface area (Å²) in [5.74, 6) is -2.91. The lowest BCUT2D eigenvalue weighted by atomic mass is 10.1. The molecule has 1 aliphatic heterocycles. The number of alkyl halides is 3. The molecule has 16 heteroatoms. The standard InChI is InChI=1S/C22H28FN5O2S3.C2HF3O2/c1-14(2)22-25-16(11-32-22)9-28-6-5-17(10-28)27(4)19-8-18(23)20(7-15(19)3)33(29,30)26-21-12-31-13-24-21;3-2(4,5)1(6)7/h7-8,11-14,17,26H,5-6,9-10H2,1-4H3;(H,6,7)/t17-;/m0./s1. The number of carbonyl (C=O) groups is 1. The SMILES string of the molecule is Cc1cc(S(=O)(=O)Nc2cscn2)c(F)cc1N(C)[C@H]1CCN(Cc2csc(C(C)C)n2)C1.O=C(O)C(F)(F)F. The first-order chi connectivity index (χ1) is 18.6. The number of likely N-dealkylation sites (tertiary alicyclic amines) is 1. The summed E-state index contributed by atoms with van der Waals surface area (Å²) in [5, 5.41) is 12.0. The van der Waals surface area contributed by atoms with Crippen molar-refractivity contribution >= 4 is 50.2 Å². The maximum atomic E-state index is 15.0. The van der Waals surface area contributed by atoms with Crippen LogP contribution in [0.5, 0.6) is 0 Å². The highest BCUT2D eigenvalue weighted by Crippen LogP contribution is 2.30. The molecule has 0 unspecified atom stereocenters. The number of nitrogens with one attached hydrogen (secondary N) is 1. The molecule has 0 radical (unpaired) electrons. The van der Waals surface area contributed by atoms with Crippen LogP contribution in [0.25, 0.3) is 0 Å². The molecule has 1 fully saturated rings. The third-order valence-corrected chi connectivity index (χ3v) is 9.23. The Morgan fingerprint density at radius 3 is 2.52 bits per heavy atom. The van der Waals surface area contributed by atoms with Gasteiger partial charge in [0.2, 0.25) is 0 Å². The largest absolute Gasteiger partial charge is 0.490 e. The fourth-order valence-electron chi connectivity index (χ4n) is 4.04. The van der Waals surface area contributed by atoms with Gasteiger partial charge in [-0.3, -0.25) is 9.62 Å². The second kappa shape index (κ2) is 12.8. The number of likely N-dealkylation sites (N-methyl/N-ethyl adjacent to an activating group) is 1. The van der Waals surface area contributed by atoms with Gasteiger partial charge in [-0.25, -0.2) is 27.6 Å². The molecule has 1 atom stereocenters. The van der Waals surface area contributed by atoms with Crippen LogP contribution < -0.4 is 9.62 Å². The monoisotopic (exact) mass is 623 g/mol. The van der Waals surface area contributed by atoms with Gasteiger partial charge in [0.15, 0.2) is 5.82 Å². The average Bonchev–Trinajstić information content (AvgIpc) is 3.62. The maximum Gasteiger partial charge on any atom is 0.490 e. The average molecular weight is 624 g/mol. The Morgan fingerprint density at radius 1 is 1.30 bits per heavy atom. The first kappa shape index (κ1) is 31.7. The summed E-state index contributed by atoms with van der Waals surface area (Å²) < 4.78 is 74.3. The number of carboxylic acid groups (broad SMARTS) is 1. The lowest BCUT2D eigenvalue weighted by Crippen LogP contribution is -2.35. The fraction of sp³-hybridized carbons (Fsp3) is 0.458. The minimum Gasteiger partial charge on any atom is -0.475 e. The van der Waals surface area contributed by atoms with E-state index in [1.54, 1.807) is 16.7 Å². The lowest BCUT2D eigenvalue weighted by Gasteiger charge is -2.29. The van der Waals surface area contributed by atoms with E-state index in [0.717, 1.165) is 36.8 Å². The van der Waals surface area contributed by atoms with Crippen LogP contribution >= 0.6 is 22.7 Å². The summed E-state index contributed by atoms with van der Waals surface area (Å²) in [5.41, 5.74) is 4.01. The van der Waals surface area contributed by atoms with E-state index in [-0.39, 0.29) is 16.8 Å². The number of hydrogen-bond acceptors (Lipinski definition) is 9. The van der Waals surface area contributed by atoms with E-state index in [1.165, 1.54) is 29.0 Å². The number of aromatic nitrogens is 2. The number of halogens is 4. The first-order valence-electron chi connectivity index (χ1n) is 12.0. The van der Waals surface area contributed by atoms with Gasteiger partial charge in [-0.15, -0.1) is 22.7 Å². The molecule has 0 amide bonds. The Kier molecular flexibility index (Phi) is 10.1.